The third-order valence-electron chi connectivity index (χ3n) is 3.50. The Labute approximate surface area is 153 Å². The van der Waals surface area contributed by atoms with Crippen LogP contribution in [0.1, 0.15) is 17.3 Å². The number of benzene rings is 1. The van der Waals surface area contributed by atoms with E-state index in [1.807, 2.05) is 0 Å². The van der Waals surface area contributed by atoms with Crippen LogP contribution in [-0.4, -0.2) is 85.5 Å². The van der Waals surface area contributed by atoms with Crippen LogP contribution in [0.5, 0.6) is 5.75 Å². The molecule has 5 atom stereocenters. The first-order valence-electron chi connectivity index (χ1n) is 7.74. The lowest BCUT2D eigenvalue weighted by Crippen LogP contribution is -2.54. The Morgan fingerprint density at radius 1 is 1.00 bits per heavy atom. The lowest BCUT2D eigenvalue weighted by atomic mass is 9.99. The number of esters is 1. The summed E-state index contributed by atoms with van der Waals surface area (Å²) in [7, 11) is 0. The minimum Gasteiger partial charge on any atom is -0.426 e. The lowest BCUT2D eigenvalue weighted by Gasteiger charge is -2.27. The number of ether oxygens (including phenoxy) is 1. The number of carbonyl (C=O) groups is 3. The zero-order valence-corrected chi connectivity index (χ0v) is 14.2. The molecule has 0 radical (unpaired) electrons. The average Bonchev–Trinajstić information content (AvgIpc) is 2.64. The van der Waals surface area contributed by atoms with E-state index >= 15 is 0 Å². The number of amides is 2. The molecule has 0 spiro atoms. The van der Waals surface area contributed by atoms with E-state index in [-0.39, 0.29) is 11.3 Å². The summed E-state index contributed by atoms with van der Waals surface area (Å²) in [6.07, 6.45) is -10.7. The number of hydrogen-bond acceptors (Lipinski definition) is 10. The van der Waals surface area contributed by atoms with E-state index < -0.39 is 54.9 Å². The third-order valence-corrected chi connectivity index (χ3v) is 3.50. The van der Waals surface area contributed by atoms with Gasteiger partial charge in [-0.15, -0.1) is 0 Å². The minimum atomic E-state index is -2.36. The van der Waals surface area contributed by atoms with Gasteiger partial charge < -0.3 is 35.4 Å². The zero-order valence-electron chi connectivity index (χ0n) is 14.2. The normalized spacial score (nSPS) is 16.6. The maximum absolute atomic E-state index is 12.1. The van der Waals surface area contributed by atoms with Gasteiger partial charge >= 0.3 is 5.97 Å². The number of carbonyl (C=O) groups excluding carboxylic acids is 3. The standard InChI is InChI=1S/C16H21NO10/c1-7(19)27-10-5-3-2-4-8(10)15(25)17-16(26)14(24)13(23)12(22)11(21)9(20)6-18/h2-5,9,11-14,18,20-24H,6H2,1H3,(H,17,25,26)/t9-,11-,12+,13-,14-/m1/s1. The van der Waals surface area contributed by atoms with E-state index in [1.54, 1.807) is 5.32 Å². The van der Waals surface area contributed by atoms with Crippen LogP contribution < -0.4 is 10.1 Å². The Morgan fingerprint density at radius 2 is 1.59 bits per heavy atom. The summed E-state index contributed by atoms with van der Waals surface area (Å²) in [4.78, 5) is 35.1. The van der Waals surface area contributed by atoms with Gasteiger partial charge in [0.2, 0.25) is 0 Å². The van der Waals surface area contributed by atoms with Crippen molar-refractivity contribution in [1.82, 2.24) is 5.32 Å². The molecule has 11 nitrogen and oxygen atoms in total. The van der Waals surface area contributed by atoms with Gasteiger partial charge in [0.15, 0.2) is 6.10 Å². The molecule has 1 rings (SSSR count). The summed E-state index contributed by atoms with van der Waals surface area (Å²) < 4.78 is 4.82. The van der Waals surface area contributed by atoms with Crippen LogP contribution in [0.4, 0.5) is 0 Å². The van der Waals surface area contributed by atoms with E-state index in [9.17, 15) is 39.9 Å². The van der Waals surface area contributed by atoms with E-state index in [2.05, 4.69) is 0 Å². The molecular weight excluding hydrogens is 366 g/mol. The number of para-hydroxylation sites is 1. The maximum Gasteiger partial charge on any atom is 0.308 e. The molecule has 0 aliphatic rings. The Kier molecular flexibility index (Phi) is 8.43. The molecule has 0 bridgehead atoms. The van der Waals surface area contributed by atoms with E-state index in [1.165, 1.54) is 24.3 Å². The maximum atomic E-state index is 12.1. The second kappa shape index (κ2) is 10.1. The zero-order chi connectivity index (χ0) is 20.7. The molecule has 2 amide bonds. The molecular formula is C16H21NO10. The number of imide groups is 1. The van der Waals surface area contributed by atoms with Gasteiger partial charge in [-0.05, 0) is 12.1 Å². The molecule has 11 heteroatoms. The van der Waals surface area contributed by atoms with Gasteiger partial charge in [-0.25, -0.2) is 0 Å². The predicted octanol–water partition coefficient (Wildman–Crippen LogP) is -3.33. The van der Waals surface area contributed by atoms with Gasteiger partial charge in [0.25, 0.3) is 11.8 Å². The summed E-state index contributed by atoms with van der Waals surface area (Å²) >= 11 is 0. The molecule has 1 aromatic rings. The van der Waals surface area contributed by atoms with Gasteiger partial charge in [0.1, 0.15) is 30.2 Å². The van der Waals surface area contributed by atoms with Gasteiger partial charge in [-0.3, -0.25) is 19.7 Å². The van der Waals surface area contributed by atoms with Crippen LogP contribution in [0.2, 0.25) is 0 Å². The Morgan fingerprint density at radius 3 is 2.15 bits per heavy atom. The van der Waals surface area contributed by atoms with Crippen molar-refractivity contribution in [3.8, 4) is 5.75 Å². The second-order valence-corrected chi connectivity index (χ2v) is 5.57. The number of rotatable bonds is 8. The fraction of sp³-hybridized carbons (Fsp3) is 0.438. The van der Waals surface area contributed by atoms with E-state index in [0.29, 0.717) is 0 Å². The molecule has 27 heavy (non-hydrogen) atoms. The molecule has 1 aromatic carbocycles. The average molecular weight is 387 g/mol. The Hall–Kier alpha value is -2.41. The first-order chi connectivity index (χ1) is 12.6. The number of aliphatic hydroxyl groups is 6. The molecule has 0 aliphatic carbocycles. The van der Waals surface area contributed by atoms with Crippen molar-refractivity contribution in [2.24, 2.45) is 0 Å². The highest BCUT2D eigenvalue weighted by Crippen LogP contribution is 2.18. The molecule has 0 saturated heterocycles. The molecule has 7 N–H and O–H groups in total. The summed E-state index contributed by atoms with van der Waals surface area (Å²) in [5, 5.41) is 58.3. The summed E-state index contributed by atoms with van der Waals surface area (Å²) in [6.45, 7) is 0.159. The predicted molar refractivity (Wildman–Crippen MR) is 87.3 cm³/mol. The van der Waals surface area contributed by atoms with Gasteiger partial charge in [0, 0.05) is 6.92 Å². The number of nitrogens with one attached hydrogen (secondary N) is 1. The second-order valence-electron chi connectivity index (χ2n) is 5.57. The number of aliphatic hydroxyl groups excluding tert-OH is 6. The van der Waals surface area contributed by atoms with Crippen molar-refractivity contribution in [2.45, 2.75) is 37.4 Å². The monoisotopic (exact) mass is 387 g/mol. The van der Waals surface area contributed by atoms with Crippen molar-refractivity contribution >= 4 is 17.8 Å². The van der Waals surface area contributed by atoms with Crippen molar-refractivity contribution in [2.75, 3.05) is 6.61 Å². The first kappa shape index (κ1) is 22.6. The SMILES string of the molecule is CC(=O)Oc1ccccc1C(=O)NC(=O)[C@H](O)[C@H](O)[C@@H](O)[C@H](O)[C@H](O)CO. The highest BCUT2D eigenvalue weighted by Gasteiger charge is 2.37. The highest BCUT2D eigenvalue weighted by atomic mass is 16.5. The Balaban J connectivity index is 2.83. The molecule has 0 aliphatic heterocycles. The van der Waals surface area contributed by atoms with Crippen LogP contribution >= 0.6 is 0 Å². The third kappa shape index (κ3) is 6.06. The van der Waals surface area contributed by atoms with Crippen LogP contribution in [0.3, 0.4) is 0 Å². The molecule has 0 aromatic heterocycles. The lowest BCUT2D eigenvalue weighted by molar-refractivity contribution is -0.156. The van der Waals surface area contributed by atoms with E-state index in [0.717, 1.165) is 6.92 Å². The largest absolute Gasteiger partial charge is 0.426 e. The van der Waals surface area contributed by atoms with Crippen LogP contribution in [0.25, 0.3) is 0 Å². The van der Waals surface area contributed by atoms with Crippen molar-refractivity contribution in [3.05, 3.63) is 29.8 Å². The molecule has 0 saturated carbocycles. The fourth-order valence-electron chi connectivity index (χ4n) is 2.03. The van der Waals surface area contributed by atoms with Gasteiger partial charge in [0.05, 0.1) is 12.2 Å². The highest BCUT2D eigenvalue weighted by molar-refractivity contribution is 6.07. The smallest absolute Gasteiger partial charge is 0.308 e. The summed E-state index contributed by atoms with van der Waals surface area (Å²) in [6, 6.07) is 5.43. The molecule has 0 heterocycles. The van der Waals surface area contributed by atoms with Crippen LogP contribution in [0, 0.1) is 0 Å². The van der Waals surface area contributed by atoms with Crippen molar-refractivity contribution in [1.29, 1.82) is 0 Å². The van der Waals surface area contributed by atoms with Gasteiger partial charge in [-0.1, -0.05) is 12.1 Å². The molecule has 0 fully saturated rings. The fourth-order valence-corrected chi connectivity index (χ4v) is 2.03. The summed E-state index contributed by atoms with van der Waals surface area (Å²) in [5.74, 6) is -3.34. The van der Waals surface area contributed by atoms with Crippen molar-refractivity contribution in [3.63, 3.8) is 0 Å². The first-order valence-corrected chi connectivity index (χ1v) is 7.74. The van der Waals surface area contributed by atoms with E-state index in [4.69, 9.17) is 9.84 Å². The molecule has 0 unspecified atom stereocenters. The summed E-state index contributed by atoms with van der Waals surface area (Å²) in [5.41, 5.74) is -0.209. The topological polar surface area (TPSA) is 194 Å². The van der Waals surface area contributed by atoms with Crippen LogP contribution in [0.15, 0.2) is 24.3 Å². The minimum absolute atomic E-state index is 0.146. The quantitative estimate of drug-likeness (QED) is 0.175. The van der Waals surface area contributed by atoms with Crippen LogP contribution in [-0.2, 0) is 9.59 Å². The van der Waals surface area contributed by atoms with Gasteiger partial charge in [-0.2, -0.15) is 0 Å². The Bertz CT molecular complexity index is 679. The number of hydrogen-bond donors (Lipinski definition) is 7. The molecule has 150 valence electrons. The van der Waals surface area contributed by atoms with Crippen molar-refractivity contribution < 1.29 is 49.8 Å².